The number of nitriles is 1. The minimum absolute atomic E-state index is 0.0576. The number of carbonyl (C=O) groups is 1. The van der Waals surface area contributed by atoms with Crippen molar-refractivity contribution in [3.05, 3.63) is 58.6 Å². The monoisotopic (exact) mass is 328 g/mol. The van der Waals surface area contributed by atoms with E-state index in [1.807, 2.05) is 6.07 Å². The summed E-state index contributed by atoms with van der Waals surface area (Å²) >= 11 is 5.78. The van der Waals surface area contributed by atoms with Crippen LogP contribution < -0.4 is 10.1 Å². The van der Waals surface area contributed by atoms with Crippen molar-refractivity contribution in [1.82, 2.24) is 0 Å². The molecule has 0 aliphatic rings. The molecule has 5 nitrogen and oxygen atoms in total. The van der Waals surface area contributed by atoms with Crippen LogP contribution in [-0.2, 0) is 4.79 Å². The van der Waals surface area contributed by atoms with Crippen LogP contribution in [0.3, 0.4) is 0 Å². The first-order chi connectivity index (χ1) is 11.0. The number of methoxy groups -OCH3 is 1. The van der Waals surface area contributed by atoms with Crippen molar-refractivity contribution in [1.29, 1.82) is 5.26 Å². The lowest BCUT2D eigenvalue weighted by atomic mass is 10.1. The van der Waals surface area contributed by atoms with E-state index in [9.17, 15) is 15.2 Å². The molecule has 0 saturated heterocycles. The Bertz CT molecular complexity index is 792. The normalized spacial score (nSPS) is 10.7. The van der Waals surface area contributed by atoms with Crippen LogP contribution in [-0.4, -0.2) is 18.1 Å². The smallest absolute Gasteiger partial charge is 0.266 e. The Hall–Kier alpha value is -2.97. The average Bonchev–Trinajstić information content (AvgIpc) is 2.56. The Morgan fingerprint density at radius 3 is 2.61 bits per heavy atom. The Labute approximate surface area is 138 Å². The molecule has 0 aromatic heterocycles. The van der Waals surface area contributed by atoms with E-state index in [4.69, 9.17) is 16.3 Å². The molecule has 2 rings (SSSR count). The molecule has 6 heteroatoms. The van der Waals surface area contributed by atoms with Gasteiger partial charge in [0.25, 0.3) is 5.91 Å². The zero-order chi connectivity index (χ0) is 16.8. The van der Waals surface area contributed by atoms with Crippen molar-refractivity contribution < 1.29 is 14.6 Å². The van der Waals surface area contributed by atoms with E-state index in [1.165, 1.54) is 25.3 Å². The van der Waals surface area contributed by atoms with E-state index in [2.05, 4.69) is 5.32 Å². The highest BCUT2D eigenvalue weighted by Crippen LogP contribution is 2.25. The molecule has 0 heterocycles. The summed E-state index contributed by atoms with van der Waals surface area (Å²) in [6, 6.07) is 12.8. The standard InChI is InChI=1S/C17H13ClN2O3/c1-23-15-6-7-16(21)11(9-15)8-12(10-19)17(22)20-14-4-2-13(18)3-5-14/h2-9,21H,1H3,(H,20,22)/b12-8-. The number of nitrogens with zero attached hydrogens (tertiary/aromatic N) is 1. The zero-order valence-corrected chi connectivity index (χ0v) is 13.0. The van der Waals surface area contributed by atoms with Crippen LogP contribution in [0.25, 0.3) is 6.08 Å². The fraction of sp³-hybridized carbons (Fsp3) is 0.0588. The van der Waals surface area contributed by atoms with E-state index in [-0.39, 0.29) is 11.3 Å². The molecular weight excluding hydrogens is 316 g/mol. The molecule has 0 atom stereocenters. The highest BCUT2D eigenvalue weighted by molar-refractivity contribution is 6.30. The number of benzene rings is 2. The highest BCUT2D eigenvalue weighted by atomic mass is 35.5. The molecule has 2 aromatic rings. The van der Waals surface area contributed by atoms with Gasteiger partial charge in [0.2, 0.25) is 0 Å². The molecule has 0 bridgehead atoms. The largest absolute Gasteiger partial charge is 0.507 e. The lowest BCUT2D eigenvalue weighted by Crippen LogP contribution is -2.13. The lowest BCUT2D eigenvalue weighted by Gasteiger charge is -2.06. The number of nitrogens with one attached hydrogen (secondary N) is 1. The number of carbonyl (C=O) groups excluding carboxylic acids is 1. The van der Waals surface area contributed by atoms with Crippen molar-refractivity contribution >= 4 is 29.3 Å². The lowest BCUT2D eigenvalue weighted by molar-refractivity contribution is -0.112. The number of aromatic hydroxyl groups is 1. The van der Waals surface area contributed by atoms with Crippen molar-refractivity contribution in [2.75, 3.05) is 12.4 Å². The molecule has 0 saturated carbocycles. The predicted octanol–water partition coefficient (Wildman–Crippen LogP) is 3.60. The summed E-state index contributed by atoms with van der Waals surface area (Å²) in [5.41, 5.74) is 0.672. The molecule has 23 heavy (non-hydrogen) atoms. The topological polar surface area (TPSA) is 82.3 Å². The van der Waals surface area contributed by atoms with Crippen LogP contribution in [0.2, 0.25) is 5.02 Å². The quantitative estimate of drug-likeness (QED) is 0.663. The first-order valence-electron chi connectivity index (χ1n) is 6.59. The van der Waals surface area contributed by atoms with Crippen molar-refractivity contribution in [2.24, 2.45) is 0 Å². The number of amides is 1. The van der Waals surface area contributed by atoms with Gasteiger partial charge in [-0.15, -0.1) is 0 Å². The summed E-state index contributed by atoms with van der Waals surface area (Å²) < 4.78 is 5.06. The fourth-order valence-electron chi connectivity index (χ4n) is 1.81. The second-order valence-electron chi connectivity index (χ2n) is 4.56. The van der Waals surface area contributed by atoms with Gasteiger partial charge in [-0.1, -0.05) is 11.6 Å². The zero-order valence-electron chi connectivity index (χ0n) is 12.2. The average molecular weight is 329 g/mol. The van der Waals surface area contributed by atoms with Gasteiger partial charge in [0.15, 0.2) is 0 Å². The molecule has 116 valence electrons. The number of hydrogen-bond donors (Lipinski definition) is 2. The van der Waals surface area contributed by atoms with Crippen LogP contribution in [0.4, 0.5) is 5.69 Å². The maximum absolute atomic E-state index is 12.2. The third-order valence-electron chi connectivity index (χ3n) is 3.00. The maximum Gasteiger partial charge on any atom is 0.266 e. The van der Waals surface area contributed by atoms with Crippen molar-refractivity contribution in [3.8, 4) is 17.6 Å². The summed E-state index contributed by atoms with van der Waals surface area (Å²) in [7, 11) is 1.48. The van der Waals surface area contributed by atoms with Gasteiger partial charge in [0, 0.05) is 16.3 Å². The summed E-state index contributed by atoms with van der Waals surface area (Å²) in [6.07, 6.45) is 1.29. The summed E-state index contributed by atoms with van der Waals surface area (Å²) in [6.45, 7) is 0. The first-order valence-corrected chi connectivity index (χ1v) is 6.97. The Kier molecular flexibility index (Phi) is 5.23. The maximum atomic E-state index is 12.2. The van der Waals surface area contributed by atoms with Gasteiger partial charge in [-0.25, -0.2) is 0 Å². The number of phenolic OH excluding ortho intramolecular Hbond substituents is 1. The Morgan fingerprint density at radius 2 is 2.00 bits per heavy atom. The fourth-order valence-corrected chi connectivity index (χ4v) is 1.94. The molecule has 0 unspecified atom stereocenters. The van der Waals surface area contributed by atoms with Crippen LogP contribution in [0.1, 0.15) is 5.56 Å². The van der Waals surface area contributed by atoms with Gasteiger partial charge in [0.1, 0.15) is 23.1 Å². The molecule has 2 aromatic carbocycles. The van der Waals surface area contributed by atoms with E-state index < -0.39 is 5.91 Å². The molecule has 0 aliphatic heterocycles. The van der Waals surface area contributed by atoms with Gasteiger partial charge in [-0.05, 0) is 48.5 Å². The number of hydrogen-bond acceptors (Lipinski definition) is 4. The minimum atomic E-state index is -0.586. The van der Waals surface area contributed by atoms with Gasteiger partial charge < -0.3 is 15.2 Å². The predicted molar refractivity (Wildman–Crippen MR) is 88.3 cm³/mol. The van der Waals surface area contributed by atoms with E-state index >= 15 is 0 Å². The Morgan fingerprint density at radius 1 is 1.30 bits per heavy atom. The van der Waals surface area contributed by atoms with Crippen molar-refractivity contribution in [3.63, 3.8) is 0 Å². The second kappa shape index (κ2) is 7.34. The first kappa shape index (κ1) is 16.4. The van der Waals surface area contributed by atoms with Gasteiger partial charge in [0.05, 0.1) is 7.11 Å². The SMILES string of the molecule is COc1ccc(O)c(/C=C(/C#N)C(=O)Nc2ccc(Cl)cc2)c1. The number of ether oxygens (including phenoxy) is 1. The van der Waals surface area contributed by atoms with Gasteiger partial charge >= 0.3 is 0 Å². The summed E-state index contributed by atoms with van der Waals surface area (Å²) in [5, 5.41) is 22.1. The molecule has 0 aliphatic carbocycles. The number of rotatable bonds is 4. The highest BCUT2D eigenvalue weighted by Gasteiger charge is 2.11. The number of anilines is 1. The second-order valence-corrected chi connectivity index (χ2v) is 4.99. The molecule has 0 fully saturated rings. The van der Waals surface area contributed by atoms with E-state index in [1.54, 1.807) is 30.3 Å². The van der Waals surface area contributed by atoms with Crippen LogP contribution in [0, 0.1) is 11.3 Å². The molecule has 1 amide bonds. The third-order valence-corrected chi connectivity index (χ3v) is 3.25. The van der Waals surface area contributed by atoms with Crippen molar-refractivity contribution in [2.45, 2.75) is 0 Å². The van der Waals surface area contributed by atoms with Crippen LogP contribution >= 0.6 is 11.6 Å². The molecular formula is C17H13ClN2O3. The van der Waals surface area contributed by atoms with Crippen LogP contribution in [0.5, 0.6) is 11.5 Å². The third kappa shape index (κ3) is 4.25. The molecule has 2 N–H and O–H groups in total. The van der Waals surface area contributed by atoms with Gasteiger partial charge in [-0.3, -0.25) is 4.79 Å². The number of phenols is 1. The van der Waals surface area contributed by atoms with Gasteiger partial charge in [-0.2, -0.15) is 5.26 Å². The Balaban J connectivity index is 2.26. The molecule has 0 spiro atoms. The van der Waals surface area contributed by atoms with E-state index in [0.29, 0.717) is 22.0 Å². The summed E-state index contributed by atoms with van der Waals surface area (Å²) in [5.74, 6) is -0.140. The summed E-state index contributed by atoms with van der Waals surface area (Å²) in [4.78, 5) is 12.2. The van der Waals surface area contributed by atoms with E-state index in [0.717, 1.165) is 0 Å². The molecule has 0 radical (unpaired) electrons. The van der Waals surface area contributed by atoms with Crippen LogP contribution in [0.15, 0.2) is 48.0 Å². The number of halogens is 1. The minimum Gasteiger partial charge on any atom is -0.507 e.